The molecule has 2 saturated carbocycles. The molecular weight excluding hydrogens is 525 g/mol. The maximum atomic E-state index is 6.54. The number of halogens is 1. The first-order chi connectivity index (χ1) is 19.0. The minimum Gasteiger partial charge on any atom is -0.490 e. The van der Waals surface area contributed by atoms with Gasteiger partial charge in [0.15, 0.2) is 5.82 Å². The molecule has 2 bridgehead atoms. The van der Waals surface area contributed by atoms with E-state index in [1.165, 1.54) is 55.1 Å². The van der Waals surface area contributed by atoms with Crippen LogP contribution in [-0.4, -0.2) is 52.9 Å². The zero-order valence-corrected chi connectivity index (χ0v) is 24.4. The van der Waals surface area contributed by atoms with Gasteiger partial charge in [-0.25, -0.2) is 4.98 Å². The van der Waals surface area contributed by atoms with E-state index in [9.17, 15) is 0 Å². The van der Waals surface area contributed by atoms with Gasteiger partial charge in [-0.3, -0.25) is 4.90 Å². The Morgan fingerprint density at radius 1 is 0.949 bits per heavy atom. The van der Waals surface area contributed by atoms with E-state index < -0.39 is 0 Å². The van der Waals surface area contributed by atoms with Crippen LogP contribution in [0, 0.1) is 5.92 Å². The van der Waals surface area contributed by atoms with Crippen LogP contribution in [0.2, 0.25) is 5.02 Å². The van der Waals surface area contributed by atoms with Crippen molar-refractivity contribution in [2.45, 2.75) is 69.6 Å². The summed E-state index contributed by atoms with van der Waals surface area (Å²) >= 11 is 6.54. The number of anilines is 4. The highest BCUT2D eigenvalue weighted by atomic mass is 35.5. The van der Waals surface area contributed by atoms with Gasteiger partial charge in [0, 0.05) is 35.3 Å². The summed E-state index contributed by atoms with van der Waals surface area (Å²) in [5, 5.41) is 8.64. The number of hydrogen-bond donors (Lipinski definition) is 2. The Hall–Kier alpha value is -2.40. The Bertz CT molecular complexity index is 1370. The van der Waals surface area contributed by atoms with Crippen LogP contribution in [0.1, 0.15) is 49.7 Å². The SMILES string of the molecule is CP(C)c1cc(OC2CC2)ccc1Nc1nc(Nc2ccc3c(c2)CCC(N2CC4CC2C4)CC3)ncc1Cl. The lowest BCUT2D eigenvalue weighted by Gasteiger charge is -2.32. The number of nitrogens with one attached hydrogen (secondary N) is 2. The summed E-state index contributed by atoms with van der Waals surface area (Å²) in [5.74, 6) is 3.06. The quantitative estimate of drug-likeness (QED) is 0.231. The van der Waals surface area contributed by atoms with Gasteiger partial charge >= 0.3 is 0 Å². The van der Waals surface area contributed by atoms with Crippen LogP contribution in [-0.2, 0) is 12.8 Å². The highest BCUT2D eigenvalue weighted by Crippen LogP contribution is 2.43. The maximum Gasteiger partial charge on any atom is 0.229 e. The first-order valence-corrected chi connectivity index (χ1v) is 17.0. The lowest BCUT2D eigenvalue weighted by molar-refractivity contribution is 0.170. The number of ether oxygens (including phenoxy) is 1. The smallest absolute Gasteiger partial charge is 0.229 e. The molecule has 5 aliphatic rings. The van der Waals surface area contributed by atoms with Gasteiger partial charge in [0.1, 0.15) is 10.8 Å². The van der Waals surface area contributed by atoms with Crippen molar-refractivity contribution in [3.63, 3.8) is 0 Å². The highest BCUT2D eigenvalue weighted by Gasteiger charge is 2.45. The molecule has 2 N–H and O–H groups in total. The van der Waals surface area contributed by atoms with E-state index >= 15 is 0 Å². The predicted octanol–water partition coefficient (Wildman–Crippen LogP) is 6.87. The number of aryl methyl sites for hydroxylation is 2. The lowest BCUT2D eigenvalue weighted by atomic mass is 9.86. The van der Waals surface area contributed by atoms with Crippen LogP contribution in [0.5, 0.6) is 5.75 Å². The van der Waals surface area contributed by atoms with Crippen molar-refractivity contribution < 1.29 is 4.74 Å². The number of benzene rings is 2. The molecule has 2 aromatic carbocycles. The normalized spacial score (nSPS) is 24.2. The van der Waals surface area contributed by atoms with Gasteiger partial charge in [0.25, 0.3) is 0 Å². The summed E-state index contributed by atoms with van der Waals surface area (Å²) in [6.07, 6.45) is 12.1. The first kappa shape index (κ1) is 25.6. The summed E-state index contributed by atoms with van der Waals surface area (Å²) in [6, 6.07) is 14.6. The average molecular weight is 562 g/mol. The van der Waals surface area contributed by atoms with Crippen LogP contribution in [0.3, 0.4) is 0 Å². The van der Waals surface area contributed by atoms with Crippen LogP contribution in [0.25, 0.3) is 0 Å². The molecule has 1 atom stereocenters. The van der Waals surface area contributed by atoms with E-state index in [1.807, 2.05) is 6.07 Å². The Kier molecular flexibility index (Phi) is 6.91. The van der Waals surface area contributed by atoms with E-state index in [0.717, 1.165) is 54.4 Å². The first-order valence-electron chi connectivity index (χ1n) is 14.4. The molecular formula is C31H37ClN5OP. The lowest BCUT2D eigenvalue weighted by Crippen LogP contribution is -2.37. The molecule has 3 aliphatic carbocycles. The van der Waals surface area contributed by atoms with Gasteiger partial charge in [-0.2, -0.15) is 4.98 Å². The Morgan fingerprint density at radius 2 is 1.77 bits per heavy atom. The second-order valence-corrected chi connectivity index (χ2v) is 14.6. The molecule has 6 nitrogen and oxygen atoms in total. The number of aromatic nitrogens is 2. The maximum absolute atomic E-state index is 6.54. The third kappa shape index (κ3) is 5.49. The van der Waals surface area contributed by atoms with Crippen LogP contribution >= 0.6 is 19.5 Å². The minimum atomic E-state index is -0.352. The fourth-order valence-electron chi connectivity index (χ4n) is 6.53. The van der Waals surface area contributed by atoms with Crippen molar-refractivity contribution in [1.29, 1.82) is 0 Å². The third-order valence-electron chi connectivity index (χ3n) is 8.85. The van der Waals surface area contributed by atoms with Gasteiger partial charge < -0.3 is 15.4 Å². The molecule has 2 aliphatic heterocycles. The molecule has 3 heterocycles. The molecule has 0 radical (unpaired) electrons. The zero-order valence-electron chi connectivity index (χ0n) is 22.8. The summed E-state index contributed by atoms with van der Waals surface area (Å²) in [4.78, 5) is 12.1. The molecule has 1 aromatic heterocycles. The zero-order chi connectivity index (χ0) is 26.5. The molecule has 8 rings (SSSR count). The fraction of sp³-hybridized carbons (Fsp3) is 0.484. The number of rotatable bonds is 8. The molecule has 2 saturated heterocycles. The van der Waals surface area contributed by atoms with Crippen molar-refractivity contribution in [2.24, 2.45) is 5.92 Å². The standard InChI is InChI=1S/C31H37ClN5OP/c1-39(2)29-16-26(38-25-9-10-25)11-12-28(29)35-30-27(32)17-33-31(36-30)34-22-6-3-20-4-7-23(8-5-21(20)15-22)37-18-19-13-24(37)14-19/h3,6,11-12,15-17,19,23-25H,4-5,7-10,13-14,18H2,1-2H3,(H2,33,34,35,36). The predicted molar refractivity (Wildman–Crippen MR) is 162 cm³/mol. The Balaban J connectivity index is 1.06. The van der Waals surface area contributed by atoms with E-state index in [2.05, 4.69) is 64.2 Å². The molecule has 0 spiro atoms. The average Bonchev–Trinajstić information content (AvgIpc) is 3.55. The van der Waals surface area contributed by atoms with E-state index in [4.69, 9.17) is 21.3 Å². The minimum absolute atomic E-state index is 0.352. The third-order valence-corrected chi connectivity index (χ3v) is 10.5. The Morgan fingerprint density at radius 3 is 2.51 bits per heavy atom. The van der Waals surface area contributed by atoms with Crippen molar-refractivity contribution in [3.05, 3.63) is 58.7 Å². The summed E-state index contributed by atoms with van der Waals surface area (Å²) in [5.41, 5.74) is 4.98. The van der Waals surface area contributed by atoms with Crippen molar-refractivity contribution in [1.82, 2.24) is 14.9 Å². The topological polar surface area (TPSA) is 62.3 Å². The van der Waals surface area contributed by atoms with Crippen molar-refractivity contribution in [2.75, 3.05) is 30.5 Å². The van der Waals surface area contributed by atoms with Gasteiger partial charge in [-0.1, -0.05) is 25.6 Å². The largest absolute Gasteiger partial charge is 0.490 e. The number of fused-ring (bicyclic) bond motifs is 2. The number of nitrogens with zero attached hydrogens (tertiary/aromatic N) is 3. The molecule has 39 heavy (non-hydrogen) atoms. The van der Waals surface area contributed by atoms with E-state index in [-0.39, 0.29) is 7.92 Å². The molecule has 204 valence electrons. The molecule has 3 aromatic rings. The monoisotopic (exact) mass is 561 g/mol. The van der Waals surface area contributed by atoms with Crippen molar-refractivity contribution >= 4 is 48.0 Å². The molecule has 1 unspecified atom stereocenters. The van der Waals surface area contributed by atoms with Crippen LogP contribution in [0.15, 0.2) is 42.6 Å². The van der Waals surface area contributed by atoms with Gasteiger partial charge in [0.2, 0.25) is 5.95 Å². The number of hydrogen-bond acceptors (Lipinski definition) is 6. The van der Waals surface area contributed by atoms with E-state index in [0.29, 0.717) is 22.9 Å². The summed E-state index contributed by atoms with van der Waals surface area (Å²) in [6.45, 7) is 5.83. The van der Waals surface area contributed by atoms with Crippen LogP contribution in [0.4, 0.5) is 23.1 Å². The molecule has 8 heteroatoms. The Labute approximate surface area is 237 Å². The highest BCUT2D eigenvalue weighted by molar-refractivity contribution is 7.64. The summed E-state index contributed by atoms with van der Waals surface area (Å²) < 4.78 is 6.03. The summed E-state index contributed by atoms with van der Waals surface area (Å²) in [7, 11) is -0.352. The molecule has 4 fully saturated rings. The fourth-order valence-corrected chi connectivity index (χ4v) is 7.66. The molecule has 0 amide bonds. The van der Waals surface area contributed by atoms with Gasteiger partial charge in [-0.05, 0) is 112 Å². The second kappa shape index (κ2) is 10.5. The van der Waals surface area contributed by atoms with E-state index in [1.54, 1.807) is 6.20 Å². The van der Waals surface area contributed by atoms with Gasteiger partial charge in [0.05, 0.1) is 12.3 Å². The van der Waals surface area contributed by atoms with Gasteiger partial charge in [-0.15, -0.1) is 0 Å². The van der Waals surface area contributed by atoms with Crippen molar-refractivity contribution in [3.8, 4) is 5.75 Å². The van der Waals surface area contributed by atoms with Crippen LogP contribution < -0.4 is 20.7 Å². The second-order valence-electron chi connectivity index (χ2n) is 11.9.